The van der Waals surface area contributed by atoms with E-state index < -0.39 is 18.4 Å². The van der Waals surface area contributed by atoms with Crippen molar-refractivity contribution in [2.45, 2.75) is 39.3 Å². The van der Waals surface area contributed by atoms with E-state index in [4.69, 9.17) is 14.3 Å². The molecule has 1 atom stereocenters. The van der Waals surface area contributed by atoms with Gasteiger partial charge in [0.15, 0.2) is 6.10 Å². The van der Waals surface area contributed by atoms with E-state index in [0.717, 1.165) is 11.1 Å². The van der Waals surface area contributed by atoms with E-state index >= 15 is 0 Å². The molecule has 2 rings (SSSR count). The Bertz CT molecular complexity index is 881. The van der Waals surface area contributed by atoms with Gasteiger partial charge in [-0.25, -0.2) is 4.79 Å². The number of carbonyl (C=O) groups is 1. The number of hydrogen-bond acceptors (Lipinski definition) is 6. The number of ether oxygens (including phenoxy) is 3. The molecule has 0 aliphatic carbocycles. The number of oxime groups is 1. The van der Waals surface area contributed by atoms with Crippen LogP contribution in [0.1, 0.15) is 30.5 Å². The molecule has 0 heterocycles. The number of esters is 1. The highest BCUT2D eigenvalue weighted by atomic mass is 19.4. The zero-order valence-corrected chi connectivity index (χ0v) is 17.4. The highest BCUT2D eigenvalue weighted by Gasteiger charge is 2.30. The molecule has 0 bridgehead atoms. The van der Waals surface area contributed by atoms with Gasteiger partial charge in [-0.15, -0.1) is 13.2 Å². The Morgan fingerprint density at radius 1 is 1.10 bits per heavy atom. The third-order valence-electron chi connectivity index (χ3n) is 4.19. The first-order valence-electron chi connectivity index (χ1n) is 9.51. The summed E-state index contributed by atoms with van der Waals surface area (Å²) in [4.78, 5) is 17.2. The molecule has 2 aromatic rings. The first-order valence-corrected chi connectivity index (χ1v) is 9.51. The molecule has 0 amide bonds. The van der Waals surface area contributed by atoms with Crippen LogP contribution in [0.5, 0.6) is 5.75 Å². The van der Waals surface area contributed by atoms with Crippen molar-refractivity contribution in [2.75, 3.05) is 13.7 Å². The molecule has 31 heavy (non-hydrogen) atoms. The number of methoxy groups -OCH3 is 1. The summed E-state index contributed by atoms with van der Waals surface area (Å²) in [6.45, 7) is 4.03. The van der Waals surface area contributed by atoms with Gasteiger partial charge in [-0.05, 0) is 48.7 Å². The van der Waals surface area contributed by atoms with Crippen LogP contribution in [-0.2, 0) is 32.1 Å². The normalized spacial score (nSPS) is 12.9. The Hall–Kier alpha value is -3.07. The molecule has 0 N–H and O–H groups in total. The van der Waals surface area contributed by atoms with Gasteiger partial charge in [-0.3, -0.25) is 0 Å². The predicted octanol–water partition coefficient (Wildman–Crippen LogP) is 4.65. The number of rotatable bonds is 10. The van der Waals surface area contributed by atoms with E-state index in [0.29, 0.717) is 24.3 Å². The average Bonchev–Trinajstić information content (AvgIpc) is 2.73. The average molecular weight is 439 g/mol. The van der Waals surface area contributed by atoms with Crippen LogP contribution in [0.2, 0.25) is 0 Å². The van der Waals surface area contributed by atoms with E-state index in [2.05, 4.69) is 9.89 Å². The fraction of sp³-hybridized carbons (Fsp3) is 0.364. The molecule has 6 nitrogen and oxygen atoms in total. The number of hydrogen-bond donors (Lipinski definition) is 0. The summed E-state index contributed by atoms with van der Waals surface area (Å²) in [5.41, 5.74) is 2.91. The zero-order chi connectivity index (χ0) is 22.9. The number of halogens is 3. The molecule has 0 aliphatic rings. The smallest absolute Gasteiger partial charge is 0.467 e. The second kappa shape index (κ2) is 11.4. The quantitative estimate of drug-likeness (QED) is 0.306. The lowest BCUT2D eigenvalue weighted by Crippen LogP contribution is -2.28. The molecule has 0 saturated carbocycles. The summed E-state index contributed by atoms with van der Waals surface area (Å²) in [5, 5.41) is 4.06. The molecule has 0 aromatic heterocycles. The van der Waals surface area contributed by atoms with E-state index in [1.807, 2.05) is 24.3 Å². The highest BCUT2D eigenvalue weighted by Crippen LogP contribution is 2.23. The van der Waals surface area contributed by atoms with E-state index in [-0.39, 0.29) is 12.4 Å². The minimum absolute atomic E-state index is 0.0814. The molecular formula is C22H24F3NO5. The van der Waals surface area contributed by atoms with Gasteiger partial charge in [0, 0.05) is 13.0 Å². The van der Waals surface area contributed by atoms with Crippen LogP contribution in [-0.4, -0.2) is 37.9 Å². The Balaban J connectivity index is 1.97. The van der Waals surface area contributed by atoms with Crippen molar-refractivity contribution in [2.24, 2.45) is 5.16 Å². The van der Waals surface area contributed by atoms with Crippen molar-refractivity contribution < 1.29 is 37.0 Å². The lowest BCUT2D eigenvalue weighted by Gasteiger charge is -2.15. The van der Waals surface area contributed by atoms with Crippen molar-refractivity contribution in [3.8, 4) is 5.75 Å². The summed E-state index contributed by atoms with van der Waals surface area (Å²) in [6, 6.07) is 12.8. The van der Waals surface area contributed by atoms with Crippen LogP contribution in [0, 0.1) is 0 Å². The third kappa shape index (κ3) is 8.29. The van der Waals surface area contributed by atoms with E-state index in [9.17, 15) is 18.0 Å². The van der Waals surface area contributed by atoms with Gasteiger partial charge in [0.05, 0.1) is 12.8 Å². The van der Waals surface area contributed by atoms with E-state index in [1.54, 1.807) is 13.8 Å². The minimum Gasteiger partial charge on any atom is -0.467 e. The molecule has 2 aromatic carbocycles. The summed E-state index contributed by atoms with van der Waals surface area (Å²) in [5.74, 6) is -0.738. The van der Waals surface area contributed by atoms with Crippen LogP contribution in [0.4, 0.5) is 13.2 Å². The molecule has 0 spiro atoms. The second-order valence-corrected chi connectivity index (χ2v) is 6.51. The topological polar surface area (TPSA) is 66.3 Å². The standard InChI is InChI=1S/C22H24F3NO5/c1-4-29-20(21(27)28-3)13-17-6-5-7-18(12-17)15(2)26-30-14-16-8-10-19(11-9-16)31-22(23,24)25/h5-12,20H,4,13-14H2,1-3H3/b26-15+/t20-/m1/s1. The van der Waals surface area contributed by atoms with Gasteiger partial charge >= 0.3 is 12.3 Å². The molecule has 0 saturated heterocycles. The second-order valence-electron chi connectivity index (χ2n) is 6.51. The van der Waals surface area contributed by atoms with Gasteiger partial charge in [0.2, 0.25) is 0 Å². The SMILES string of the molecule is CCO[C@H](Cc1cccc(/C(C)=N/OCc2ccc(OC(F)(F)F)cc2)c1)C(=O)OC. The van der Waals surface area contributed by atoms with Gasteiger partial charge in [-0.1, -0.05) is 35.5 Å². The lowest BCUT2D eigenvalue weighted by atomic mass is 10.0. The van der Waals surface area contributed by atoms with Gasteiger partial charge in [-0.2, -0.15) is 0 Å². The van der Waals surface area contributed by atoms with Crippen molar-refractivity contribution in [1.29, 1.82) is 0 Å². The van der Waals surface area contributed by atoms with Crippen molar-refractivity contribution >= 4 is 11.7 Å². The predicted molar refractivity (Wildman–Crippen MR) is 108 cm³/mol. The maximum absolute atomic E-state index is 12.2. The monoisotopic (exact) mass is 439 g/mol. The minimum atomic E-state index is -4.73. The van der Waals surface area contributed by atoms with E-state index in [1.165, 1.54) is 31.4 Å². The first-order chi connectivity index (χ1) is 14.7. The number of benzene rings is 2. The summed E-state index contributed by atoms with van der Waals surface area (Å²) in [7, 11) is 1.32. The van der Waals surface area contributed by atoms with Gasteiger partial charge in [0.1, 0.15) is 12.4 Å². The van der Waals surface area contributed by atoms with Gasteiger partial charge < -0.3 is 19.0 Å². The molecule has 168 valence electrons. The number of alkyl halides is 3. The van der Waals surface area contributed by atoms with Crippen molar-refractivity contribution in [1.82, 2.24) is 0 Å². The molecule has 0 aliphatic heterocycles. The van der Waals surface area contributed by atoms with Crippen LogP contribution in [0.3, 0.4) is 0 Å². The van der Waals surface area contributed by atoms with Crippen LogP contribution >= 0.6 is 0 Å². The van der Waals surface area contributed by atoms with Crippen LogP contribution < -0.4 is 4.74 Å². The first kappa shape index (κ1) is 24.2. The zero-order valence-electron chi connectivity index (χ0n) is 17.4. The summed E-state index contributed by atoms with van der Waals surface area (Å²) >= 11 is 0. The molecule has 0 unspecified atom stereocenters. The van der Waals surface area contributed by atoms with Crippen LogP contribution in [0.25, 0.3) is 0 Å². The Morgan fingerprint density at radius 2 is 1.81 bits per heavy atom. The Morgan fingerprint density at radius 3 is 2.42 bits per heavy atom. The maximum Gasteiger partial charge on any atom is 0.573 e. The molecule has 0 radical (unpaired) electrons. The Kier molecular flexibility index (Phi) is 8.87. The largest absolute Gasteiger partial charge is 0.573 e. The molecule has 9 heteroatoms. The fourth-order valence-corrected chi connectivity index (χ4v) is 2.72. The van der Waals surface area contributed by atoms with Crippen molar-refractivity contribution in [3.05, 3.63) is 65.2 Å². The summed E-state index contributed by atoms with van der Waals surface area (Å²) in [6.07, 6.45) is -5.06. The fourth-order valence-electron chi connectivity index (χ4n) is 2.72. The number of nitrogens with zero attached hydrogens (tertiary/aromatic N) is 1. The van der Waals surface area contributed by atoms with Gasteiger partial charge in [0.25, 0.3) is 0 Å². The third-order valence-corrected chi connectivity index (χ3v) is 4.19. The lowest BCUT2D eigenvalue weighted by molar-refractivity contribution is -0.274. The number of carbonyl (C=O) groups excluding carboxylic acids is 1. The Labute approximate surface area is 178 Å². The maximum atomic E-state index is 12.2. The molecular weight excluding hydrogens is 415 g/mol. The highest BCUT2D eigenvalue weighted by molar-refractivity contribution is 5.98. The summed E-state index contributed by atoms with van der Waals surface area (Å²) < 4.78 is 50.6. The molecule has 0 fully saturated rings. The van der Waals surface area contributed by atoms with Crippen molar-refractivity contribution in [3.63, 3.8) is 0 Å². The van der Waals surface area contributed by atoms with Crippen LogP contribution in [0.15, 0.2) is 53.7 Å².